The van der Waals surface area contributed by atoms with E-state index in [-0.39, 0.29) is 0 Å². The number of anilines is 1. The zero-order chi connectivity index (χ0) is 11.4. The van der Waals surface area contributed by atoms with Gasteiger partial charge >= 0.3 is 0 Å². The Labute approximate surface area is 101 Å². The predicted molar refractivity (Wildman–Crippen MR) is 72.9 cm³/mol. The molecule has 2 nitrogen and oxygen atoms in total. The molecule has 1 rings (SSSR count). The van der Waals surface area contributed by atoms with Crippen molar-refractivity contribution in [3.05, 3.63) is 23.8 Å². The quantitative estimate of drug-likeness (QED) is 0.627. The van der Waals surface area contributed by atoms with E-state index in [1.807, 2.05) is 24.5 Å². The van der Waals surface area contributed by atoms with Crippen molar-refractivity contribution in [1.29, 1.82) is 0 Å². The van der Waals surface area contributed by atoms with Crippen LogP contribution in [-0.4, -0.2) is 17.3 Å². The van der Waals surface area contributed by atoms with E-state index in [1.54, 1.807) is 11.8 Å². The van der Waals surface area contributed by atoms with Crippen molar-refractivity contribution < 1.29 is 0 Å². The van der Waals surface area contributed by atoms with Crippen LogP contribution in [0.2, 0.25) is 0 Å². The van der Waals surface area contributed by atoms with Gasteiger partial charge in [0.05, 0.1) is 0 Å². The van der Waals surface area contributed by atoms with Gasteiger partial charge in [-0.2, -0.15) is 0 Å². The van der Waals surface area contributed by atoms with Crippen molar-refractivity contribution in [2.75, 3.05) is 11.6 Å². The summed E-state index contributed by atoms with van der Waals surface area (Å²) in [5.74, 6) is 0. The van der Waals surface area contributed by atoms with Crippen molar-refractivity contribution in [3.8, 4) is 0 Å². The third-order valence-corrected chi connectivity index (χ3v) is 2.92. The van der Waals surface area contributed by atoms with Crippen molar-refractivity contribution >= 4 is 34.7 Å². The van der Waals surface area contributed by atoms with E-state index in [0.29, 0.717) is 11.0 Å². The molecule has 0 radical (unpaired) electrons. The second kappa shape index (κ2) is 5.37. The fourth-order valence-corrected chi connectivity index (χ4v) is 2.31. The van der Waals surface area contributed by atoms with Crippen molar-refractivity contribution in [3.63, 3.8) is 0 Å². The fraction of sp³-hybridized carbons (Fsp3) is 0.364. The van der Waals surface area contributed by atoms with Crippen molar-refractivity contribution in [1.82, 2.24) is 0 Å². The second-order valence-corrected chi connectivity index (χ2v) is 4.83. The van der Waals surface area contributed by atoms with Gasteiger partial charge in [-0.25, -0.2) is 0 Å². The molecule has 0 bridgehead atoms. The first-order valence-corrected chi connectivity index (χ1v) is 6.43. The van der Waals surface area contributed by atoms with Crippen LogP contribution >= 0.6 is 24.0 Å². The first kappa shape index (κ1) is 12.3. The maximum absolute atomic E-state index is 5.74. The topological polar surface area (TPSA) is 38.0 Å². The predicted octanol–water partition coefficient (Wildman–Crippen LogP) is 2.86. The van der Waals surface area contributed by atoms with Crippen LogP contribution in [0.4, 0.5) is 5.69 Å². The van der Waals surface area contributed by atoms with Crippen molar-refractivity contribution in [2.45, 2.75) is 24.8 Å². The van der Waals surface area contributed by atoms with E-state index in [9.17, 15) is 0 Å². The van der Waals surface area contributed by atoms with Gasteiger partial charge in [-0.05, 0) is 32.2 Å². The summed E-state index contributed by atoms with van der Waals surface area (Å²) in [6, 6.07) is 6.42. The standard InChI is InChI=1S/C11H16N2S2/c1-7(2)13-8-5-4-6-9(15-3)10(8)11(12)14/h4-7,13H,1-3H3,(H2,12,14). The lowest BCUT2D eigenvalue weighted by Crippen LogP contribution is -2.17. The van der Waals surface area contributed by atoms with Crippen LogP contribution in [-0.2, 0) is 0 Å². The number of rotatable bonds is 4. The number of benzene rings is 1. The number of thioether (sulfide) groups is 1. The molecule has 0 aliphatic heterocycles. The average molecular weight is 240 g/mol. The molecule has 82 valence electrons. The molecule has 0 amide bonds. The first-order valence-electron chi connectivity index (χ1n) is 4.79. The smallest absolute Gasteiger partial charge is 0.107 e. The van der Waals surface area contributed by atoms with Gasteiger partial charge in [-0.1, -0.05) is 18.3 Å². The Morgan fingerprint density at radius 1 is 1.47 bits per heavy atom. The molecule has 0 aromatic heterocycles. The highest BCUT2D eigenvalue weighted by atomic mass is 32.2. The molecule has 0 unspecified atom stereocenters. The molecular formula is C11H16N2S2. The van der Waals surface area contributed by atoms with Gasteiger partial charge < -0.3 is 11.1 Å². The van der Waals surface area contributed by atoms with Gasteiger partial charge in [0.1, 0.15) is 4.99 Å². The van der Waals surface area contributed by atoms with Gasteiger partial charge in [0.15, 0.2) is 0 Å². The minimum Gasteiger partial charge on any atom is -0.389 e. The summed E-state index contributed by atoms with van der Waals surface area (Å²) in [4.78, 5) is 1.57. The molecule has 4 heteroatoms. The zero-order valence-corrected chi connectivity index (χ0v) is 10.8. The average Bonchev–Trinajstić information content (AvgIpc) is 2.15. The SMILES string of the molecule is CSc1cccc(NC(C)C)c1C(N)=S. The van der Waals surface area contributed by atoms with Crippen LogP contribution in [0.25, 0.3) is 0 Å². The maximum atomic E-state index is 5.74. The molecule has 0 aliphatic rings. The van der Waals surface area contributed by atoms with Gasteiger partial charge in [-0.15, -0.1) is 11.8 Å². The van der Waals surface area contributed by atoms with Gasteiger partial charge in [0, 0.05) is 22.2 Å². The van der Waals surface area contributed by atoms with Crippen molar-refractivity contribution in [2.24, 2.45) is 5.73 Å². The highest BCUT2D eigenvalue weighted by Crippen LogP contribution is 2.27. The monoisotopic (exact) mass is 240 g/mol. The Balaban J connectivity index is 3.19. The highest BCUT2D eigenvalue weighted by Gasteiger charge is 2.10. The van der Waals surface area contributed by atoms with Crippen LogP contribution in [0.15, 0.2) is 23.1 Å². The molecular weight excluding hydrogens is 224 g/mol. The second-order valence-electron chi connectivity index (χ2n) is 3.55. The van der Waals surface area contributed by atoms with E-state index >= 15 is 0 Å². The first-order chi connectivity index (χ1) is 7.06. The summed E-state index contributed by atoms with van der Waals surface area (Å²) in [7, 11) is 0. The number of hydrogen-bond donors (Lipinski definition) is 2. The molecule has 3 N–H and O–H groups in total. The highest BCUT2D eigenvalue weighted by molar-refractivity contribution is 7.98. The minimum absolute atomic E-state index is 0.371. The molecule has 0 atom stereocenters. The lowest BCUT2D eigenvalue weighted by molar-refractivity contribution is 0.898. The largest absolute Gasteiger partial charge is 0.389 e. The van der Waals surface area contributed by atoms with E-state index < -0.39 is 0 Å². The van der Waals surface area contributed by atoms with Gasteiger partial charge in [0.25, 0.3) is 0 Å². The minimum atomic E-state index is 0.371. The third kappa shape index (κ3) is 3.11. The van der Waals surface area contributed by atoms with Gasteiger partial charge in [-0.3, -0.25) is 0 Å². The van der Waals surface area contributed by atoms with Gasteiger partial charge in [0.2, 0.25) is 0 Å². The van der Waals surface area contributed by atoms with Crippen LogP contribution in [0.5, 0.6) is 0 Å². The molecule has 15 heavy (non-hydrogen) atoms. The molecule has 0 fully saturated rings. The summed E-state index contributed by atoms with van der Waals surface area (Å²) in [6.45, 7) is 4.18. The number of hydrogen-bond acceptors (Lipinski definition) is 3. The van der Waals surface area contributed by atoms with Crippen LogP contribution in [0, 0.1) is 0 Å². The number of nitrogens with one attached hydrogen (secondary N) is 1. The van der Waals surface area contributed by atoms with E-state index in [4.69, 9.17) is 18.0 Å². The molecule has 1 aromatic rings. The summed E-state index contributed by atoms with van der Waals surface area (Å²) in [5, 5.41) is 3.35. The van der Waals surface area contributed by atoms with Crippen LogP contribution in [0.1, 0.15) is 19.4 Å². The number of thiocarbonyl (C=S) groups is 1. The lowest BCUT2D eigenvalue weighted by Gasteiger charge is -2.16. The van der Waals surface area contributed by atoms with Crippen LogP contribution in [0.3, 0.4) is 0 Å². The van der Waals surface area contributed by atoms with E-state index in [1.165, 1.54) is 0 Å². The molecule has 0 spiro atoms. The summed E-state index contributed by atoms with van der Waals surface area (Å²) in [6.07, 6.45) is 2.02. The lowest BCUT2D eigenvalue weighted by atomic mass is 10.1. The Kier molecular flexibility index (Phi) is 4.42. The molecule has 0 heterocycles. The Morgan fingerprint density at radius 2 is 2.13 bits per heavy atom. The van der Waals surface area contributed by atoms with E-state index in [2.05, 4.69) is 19.2 Å². The molecule has 0 aliphatic carbocycles. The Bertz CT molecular complexity index is 362. The van der Waals surface area contributed by atoms with Crippen LogP contribution < -0.4 is 11.1 Å². The summed E-state index contributed by atoms with van der Waals surface area (Å²) < 4.78 is 0. The fourth-order valence-electron chi connectivity index (χ4n) is 1.39. The molecule has 0 saturated carbocycles. The normalized spacial score (nSPS) is 10.4. The Morgan fingerprint density at radius 3 is 2.60 bits per heavy atom. The summed E-state index contributed by atoms with van der Waals surface area (Å²) >= 11 is 6.74. The third-order valence-electron chi connectivity index (χ3n) is 1.94. The Hall–Kier alpha value is -0.740. The molecule has 0 saturated heterocycles. The summed E-state index contributed by atoms with van der Waals surface area (Å²) in [5.41, 5.74) is 7.72. The number of nitrogens with two attached hydrogens (primary N) is 1. The van der Waals surface area contributed by atoms with E-state index in [0.717, 1.165) is 16.1 Å². The zero-order valence-electron chi connectivity index (χ0n) is 9.20. The molecule has 1 aromatic carbocycles. The maximum Gasteiger partial charge on any atom is 0.107 e.